The van der Waals surface area contributed by atoms with Crippen molar-refractivity contribution < 1.29 is 4.74 Å². The normalized spacial score (nSPS) is 12.7. The Morgan fingerprint density at radius 1 is 1.11 bits per heavy atom. The molecule has 0 saturated carbocycles. The van der Waals surface area contributed by atoms with Crippen LogP contribution in [0.2, 0.25) is 10.0 Å². The van der Waals surface area contributed by atoms with E-state index < -0.39 is 0 Å². The maximum atomic E-state index is 5.93. The van der Waals surface area contributed by atoms with E-state index in [1.165, 1.54) is 0 Å². The highest BCUT2D eigenvalue weighted by Gasteiger charge is 2.06. The minimum absolute atomic E-state index is 0.162. The molecule has 19 heavy (non-hydrogen) atoms. The quantitative estimate of drug-likeness (QED) is 0.697. The van der Waals surface area contributed by atoms with Crippen molar-refractivity contribution in [1.82, 2.24) is 5.32 Å². The van der Waals surface area contributed by atoms with Crippen molar-refractivity contribution in [2.75, 3.05) is 13.1 Å². The Morgan fingerprint density at radius 2 is 1.74 bits per heavy atom. The Kier molecular flexibility index (Phi) is 7.59. The predicted molar refractivity (Wildman–Crippen MR) is 83.5 cm³/mol. The number of nitrogens with one attached hydrogen (secondary N) is 1. The van der Waals surface area contributed by atoms with Crippen molar-refractivity contribution in [1.29, 1.82) is 0 Å². The summed E-state index contributed by atoms with van der Waals surface area (Å²) in [5.41, 5.74) is 0. The molecule has 0 fully saturated rings. The van der Waals surface area contributed by atoms with Gasteiger partial charge in [0.2, 0.25) is 0 Å². The summed E-state index contributed by atoms with van der Waals surface area (Å²) in [6, 6.07) is 5.29. The van der Waals surface area contributed by atoms with E-state index in [-0.39, 0.29) is 6.10 Å². The van der Waals surface area contributed by atoms with E-state index in [9.17, 15) is 0 Å². The van der Waals surface area contributed by atoms with Gasteiger partial charge in [0, 0.05) is 10.0 Å². The van der Waals surface area contributed by atoms with Gasteiger partial charge in [-0.3, -0.25) is 0 Å². The number of halogens is 2. The molecule has 0 aliphatic rings. The summed E-state index contributed by atoms with van der Waals surface area (Å²) < 4.78 is 5.81. The maximum Gasteiger partial charge on any atom is 0.122 e. The Hall–Kier alpha value is -0.440. The average Bonchev–Trinajstić information content (AvgIpc) is 2.26. The summed E-state index contributed by atoms with van der Waals surface area (Å²) in [4.78, 5) is 0. The van der Waals surface area contributed by atoms with Crippen LogP contribution < -0.4 is 10.1 Å². The Labute approximate surface area is 126 Å². The van der Waals surface area contributed by atoms with Gasteiger partial charge in [-0.1, -0.05) is 37.0 Å². The second-order valence-corrected chi connectivity index (χ2v) is 6.15. The van der Waals surface area contributed by atoms with Crippen molar-refractivity contribution in [2.24, 2.45) is 5.92 Å². The first-order chi connectivity index (χ1) is 8.97. The van der Waals surface area contributed by atoms with Crippen LogP contribution in [0, 0.1) is 5.92 Å². The summed E-state index contributed by atoms with van der Waals surface area (Å²) in [7, 11) is 0. The third-order valence-electron chi connectivity index (χ3n) is 2.69. The van der Waals surface area contributed by atoms with E-state index in [0.717, 1.165) is 31.7 Å². The van der Waals surface area contributed by atoms with Gasteiger partial charge in [-0.05, 0) is 57.0 Å². The van der Waals surface area contributed by atoms with Crippen LogP contribution in [0.25, 0.3) is 0 Å². The zero-order valence-electron chi connectivity index (χ0n) is 11.9. The van der Waals surface area contributed by atoms with Gasteiger partial charge in [0.05, 0.1) is 6.10 Å². The Balaban J connectivity index is 2.25. The van der Waals surface area contributed by atoms with Crippen LogP contribution in [0.4, 0.5) is 0 Å². The van der Waals surface area contributed by atoms with Gasteiger partial charge in [0.15, 0.2) is 0 Å². The lowest BCUT2D eigenvalue weighted by atomic mass is 10.2. The molecule has 108 valence electrons. The van der Waals surface area contributed by atoms with E-state index >= 15 is 0 Å². The molecule has 1 N–H and O–H groups in total. The lowest BCUT2D eigenvalue weighted by Gasteiger charge is -2.15. The van der Waals surface area contributed by atoms with Gasteiger partial charge in [0.1, 0.15) is 5.75 Å². The monoisotopic (exact) mass is 303 g/mol. The van der Waals surface area contributed by atoms with Crippen molar-refractivity contribution in [3.05, 3.63) is 28.2 Å². The Morgan fingerprint density at radius 3 is 2.32 bits per heavy atom. The summed E-state index contributed by atoms with van der Waals surface area (Å²) in [5, 5.41) is 4.63. The molecule has 1 aromatic carbocycles. The topological polar surface area (TPSA) is 21.3 Å². The zero-order valence-corrected chi connectivity index (χ0v) is 13.4. The van der Waals surface area contributed by atoms with Crippen LogP contribution in [-0.4, -0.2) is 19.2 Å². The predicted octanol–water partition coefficient (Wildman–Crippen LogP) is 4.79. The largest absolute Gasteiger partial charge is 0.491 e. The minimum Gasteiger partial charge on any atom is -0.491 e. The fourth-order valence-corrected chi connectivity index (χ4v) is 2.30. The fourth-order valence-electron chi connectivity index (χ4n) is 1.79. The second kappa shape index (κ2) is 8.68. The second-order valence-electron chi connectivity index (χ2n) is 5.27. The van der Waals surface area contributed by atoms with Crippen LogP contribution in [0.5, 0.6) is 5.75 Å². The fraction of sp³-hybridized carbons (Fsp3) is 0.600. The first kappa shape index (κ1) is 16.6. The number of ether oxygens (including phenoxy) is 1. The Bertz CT molecular complexity index is 362. The van der Waals surface area contributed by atoms with Gasteiger partial charge in [-0.15, -0.1) is 0 Å². The van der Waals surface area contributed by atoms with Crippen molar-refractivity contribution in [3.63, 3.8) is 0 Å². The zero-order chi connectivity index (χ0) is 14.3. The number of rotatable bonds is 8. The molecule has 1 unspecified atom stereocenters. The van der Waals surface area contributed by atoms with E-state index in [4.69, 9.17) is 27.9 Å². The SMILES string of the molecule is CC(C)CNCCCC(C)Oc1cc(Cl)cc(Cl)c1. The van der Waals surface area contributed by atoms with Crippen LogP contribution >= 0.6 is 23.2 Å². The maximum absolute atomic E-state index is 5.93. The van der Waals surface area contributed by atoms with E-state index in [2.05, 4.69) is 26.1 Å². The molecule has 4 heteroatoms. The molecule has 0 radical (unpaired) electrons. The van der Waals surface area contributed by atoms with E-state index in [0.29, 0.717) is 16.0 Å². The first-order valence-electron chi connectivity index (χ1n) is 6.81. The highest BCUT2D eigenvalue weighted by Crippen LogP contribution is 2.25. The summed E-state index contributed by atoms with van der Waals surface area (Å²) in [6.07, 6.45) is 2.27. The van der Waals surface area contributed by atoms with E-state index in [1.807, 2.05) is 0 Å². The molecule has 2 nitrogen and oxygen atoms in total. The molecule has 0 saturated heterocycles. The molecule has 0 amide bonds. The van der Waals surface area contributed by atoms with Crippen LogP contribution in [0.3, 0.4) is 0 Å². The standard InChI is InChI=1S/C15H23Cl2NO/c1-11(2)10-18-6-4-5-12(3)19-15-8-13(16)7-14(17)9-15/h7-9,11-12,18H,4-6,10H2,1-3H3. The highest BCUT2D eigenvalue weighted by molar-refractivity contribution is 6.34. The molecule has 1 aromatic rings. The van der Waals surface area contributed by atoms with Gasteiger partial charge >= 0.3 is 0 Å². The third kappa shape index (κ3) is 7.66. The third-order valence-corrected chi connectivity index (χ3v) is 3.13. The van der Waals surface area contributed by atoms with Gasteiger partial charge in [0.25, 0.3) is 0 Å². The summed E-state index contributed by atoms with van der Waals surface area (Å²) in [6.45, 7) is 8.59. The van der Waals surface area contributed by atoms with Crippen molar-refractivity contribution >= 4 is 23.2 Å². The number of hydrogen-bond acceptors (Lipinski definition) is 2. The molecule has 1 atom stereocenters. The van der Waals surface area contributed by atoms with Gasteiger partial charge < -0.3 is 10.1 Å². The first-order valence-corrected chi connectivity index (χ1v) is 7.56. The van der Waals surface area contributed by atoms with Crippen molar-refractivity contribution in [3.8, 4) is 5.75 Å². The number of benzene rings is 1. The molecule has 0 spiro atoms. The molecular formula is C15H23Cl2NO. The summed E-state index contributed by atoms with van der Waals surface area (Å²) >= 11 is 11.9. The van der Waals surface area contributed by atoms with Crippen LogP contribution in [0.1, 0.15) is 33.6 Å². The smallest absolute Gasteiger partial charge is 0.122 e. The molecular weight excluding hydrogens is 281 g/mol. The van der Waals surface area contributed by atoms with Gasteiger partial charge in [-0.25, -0.2) is 0 Å². The minimum atomic E-state index is 0.162. The lowest BCUT2D eigenvalue weighted by Crippen LogP contribution is -2.22. The summed E-state index contributed by atoms with van der Waals surface area (Å²) in [5.74, 6) is 1.43. The molecule has 0 heterocycles. The van der Waals surface area contributed by atoms with Gasteiger partial charge in [-0.2, -0.15) is 0 Å². The molecule has 0 aromatic heterocycles. The number of hydrogen-bond donors (Lipinski definition) is 1. The van der Waals surface area contributed by atoms with Crippen LogP contribution in [-0.2, 0) is 0 Å². The molecule has 0 aliphatic carbocycles. The average molecular weight is 304 g/mol. The molecule has 0 aliphatic heterocycles. The lowest BCUT2D eigenvalue weighted by molar-refractivity contribution is 0.207. The van der Waals surface area contributed by atoms with E-state index in [1.54, 1.807) is 18.2 Å². The highest BCUT2D eigenvalue weighted by atomic mass is 35.5. The van der Waals surface area contributed by atoms with Crippen LogP contribution in [0.15, 0.2) is 18.2 Å². The molecule has 1 rings (SSSR count). The molecule has 0 bridgehead atoms. The van der Waals surface area contributed by atoms with Crippen molar-refractivity contribution in [2.45, 2.75) is 39.7 Å².